The molecule has 62 valence electrons. The van der Waals surface area contributed by atoms with Gasteiger partial charge in [0.25, 0.3) is 0 Å². The summed E-state index contributed by atoms with van der Waals surface area (Å²) in [5.74, 6) is 0. The van der Waals surface area contributed by atoms with Crippen LogP contribution in [0.5, 0.6) is 0 Å². The van der Waals surface area contributed by atoms with Crippen LogP contribution >= 0.6 is 0 Å². The molecule has 1 aliphatic heterocycles. The normalized spacial score (nSPS) is 19.8. The maximum atomic E-state index is 4.56. The van der Waals surface area contributed by atoms with Gasteiger partial charge in [-0.05, 0) is 24.5 Å². The maximum Gasteiger partial charge on any atom is 0.0708 e. The van der Waals surface area contributed by atoms with Gasteiger partial charge in [-0.25, -0.2) is 0 Å². The zero-order valence-electron chi connectivity index (χ0n) is 7.59. The lowest BCUT2D eigenvalue weighted by molar-refractivity contribution is 1.01. The Morgan fingerprint density at radius 2 is 2.08 bits per heavy atom. The second kappa shape index (κ2) is 2.74. The average molecular weight is 159 g/mol. The van der Waals surface area contributed by atoms with E-state index in [9.17, 15) is 0 Å². The van der Waals surface area contributed by atoms with Crippen molar-refractivity contribution in [3.05, 3.63) is 35.1 Å². The zero-order chi connectivity index (χ0) is 8.55. The predicted molar refractivity (Wildman–Crippen MR) is 52.3 cm³/mol. The number of nitrogens with zero attached hydrogens (tertiary/aromatic N) is 1. The van der Waals surface area contributed by atoms with Crippen molar-refractivity contribution in [2.45, 2.75) is 26.7 Å². The van der Waals surface area contributed by atoms with Crippen molar-refractivity contribution < 1.29 is 0 Å². The van der Waals surface area contributed by atoms with E-state index in [1.165, 1.54) is 22.6 Å². The van der Waals surface area contributed by atoms with E-state index in [0.29, 0.717) is 0 Å². The molecule has 0 bridgehead atoms. The third-order valence-electron chi connectivity index (χ3n) is 2.41. The molecule has 1 heterocycles. The number of aliphatic imine (C=N–C) groups is 1. The summed E-state index contributed by atoms with van der Waals surface area (Å²) >= 11 is 0. The fraction of sp³-hybridized carbons (Fsp3) is 0.364. The van der Waals surface area contributed by atoms with Crippen molar-refractivity contribution in [1.29, 1.82) is 0 Å². The van der Waals surface area contributed by atoms with Gasteiger partial charge in [-0.15, -0.1) is 0 Å². The van der Waals surface area contributed by atoms with E-state index in [1.54, 1.807) is 0 Å². The topological polar surface area (TPSA) is 12.4 Å². The third-order valence-corrected chi connectivity index (χ3v) is 2.41. The number of rotatable bonds is 2. The first-order valence-corrected chi connectivity index (χ1v) is 4.56. The summed E-state index contributed by atoms with van der Waals surface area (Å²) < 4.78 is 0. The fourth-order valence-corrected chi connectivity index (χ4v) is 1.82. The van der Waals surface area contributed by atoms with Gasteiger partial charge in [-0.3, -0.25) is 4.99 Å². The zero-order valence-corrected chi connectivity index (χ0v) is 7.59. The fourth-order valence-electron chi connectivity index (χ4n) is 1.82. The summed E-state index contributed by atoms with van der Waals surface area (Å²) in [4.78, 5) is 4.56. The summed E-state index contributed by atoms with van der Waals surface area (Å²) in [5.41, 5.74) is 5.25. The number of hydrogen-bond donors (Lipinski definition) is 0. The second-order valence-corrected chi connectivity index (χ2v) is 3.07. The molecule has 2 rings (SSSR count). The minimum atomic E-state index is 1.05. The molecule has 0 amide bonds. The summed E-state index contributed by atoms with van der Waals surface area (Å²) in [6, 6.07) is 0. The molecule has 0 unspecified atom stereocenters. The Morgan fingerprint density at radius 3 is 2.75 bits per heavy atom. The Bertz CT molecular complexity index is 321. The van der Waals surface area contributed by atoms with Crippen LogP contribution in [0, 0.1) is 0 Å². The molecular formula is C11H13N. The number of allylic oxidation sites excluding steroid dienone is 6. The lowest BCUT2D eigenvalue weighted by atomic mass is 10.0. The van der Waals surface area contributed by atoms with Crippen LogP contribution in [0.1, 0.15) is 26.7 Å². The molecule has 0 radical (unpaired) electrons. The quantitative estimate of drug-likeness (QED) is 0.587. The highest BCUT2D eigenvalue weighted by molar-refractivity contribution is 6.16. The first-order chi connectivity index (χ1) is 5.86. The van der Waals surface area contributed by atoms with E-state index in [4.69, 9.17) is 0 Å². The Morgan fingerprint density at radius 1 is 1.25 bits per heavy atom. The van der Waals surface area contributed by atoms with Crippen molar-refractivity contribution in [2.24, 2.45) is 4.99 Å². The Hall–Kier alpha value is -1.11. The molecule has 0 atom stereocenters. The molecule has 0 saturated carbocycles. The van der Waals surface area contributed by atoms with E-state index in [0.717, 1.165) is 12.8 Å². The third kappa shape index (κ3) is 0.893. The molecule has 1 aliphatic carbocycles. The van der Waals surface area contributed by atoms with Gasteiger partial charge in [0.1, 0.15) is 0 Å². The van der Waals surface area contributed by atoms with Gasteiger partial charge in [0.05, 0.1) is 5.71 Å². The van der Waals surface area contributed by atoms with Crippen LogP contribution in [0.3, 0.4) is 0 Å². The first kappa shape index (κ1) is 7.53. The highest BCUT2D eigenvalue weighted by Gasteiger charge is 2.21. The molecule has 12 heavy (non-hydrogen) atoms. The lowest BCUT2D eigenvalue weighted by Crippen LogP contribution is -1.91. The SMILES string of the molecule is CCC1=C(CC)C2=CC=CC2=N1. The van der Waals surface area contributed by atoms with Crippen molar-refractivity contribution in [3.8, 4) is 0 Å². The molecule has 1 nitrogen and oxygen atoms in total. The molecular weight excluding hydrogens is 146 g/mol. The maximum absolute atomic E-state index is 4.56. The van der Waals surface area contributed by atoms with Gasteiger partial charge >= 0.3 is 0 Å². The number of hydrogen-bond acceptors (Lipinski definition) is 1. The van der Waals surface area contributed by atoms with Gasteiger partial charge in [0.15, 0.2) is 0 Å². The molecule has 1 heteroatoms. The van der Waals surface area contributed by atoms with E-state index in [1.807, 2.05) is 0 Å². The highest BCUT2D eigenvalue weighted by Crippen LogP contribution is 2.32. The monoisotopic (exact) mass is 159 g/mol. The van der Waals surface area contributed by atoms with E-state index < -0.39 is 0 Å². The minimum Gasteiger partial charge on any atom is -0.253 e. The van der Waals surface area contributed by atoms with Gasteiger partial charge in [0, 0.05) is 11.3 Å². The van der Waals surface area contributed by atoms with Crippen LogP contribution in [0.15, 0.2) is 40.1 Å². The van der Waals surface area contributed by atoms with Crippen LogP contribution in [0.4, 0.5) is 0 Å². The minimum absolute atomic E-state index is 1.05. The highest BCUT2D eigenvalue weighted by atomic mass is 14.8. The first-order valence-electron chi connectivity index (χ1n) is 4.56. The van der Waals surface area contributed by atoms with Crippen molar-refractivity contribution in [2.75, 3.05) is 0 Å². The van der Waals surface area contributed by atoms with Crippen LogP contribution in [0.25, 0.3) is 0 Å². The summed E-state index contributed by atoms with van der Waals surface area (Å²) in [7, 11) is 0. The van der Waals surface area contributed by atoms with Gasteiger partial charge in [-0.2, -0.15) is 0 Å². The van der Waals surface area contributed by atoms with E-state index in [2.05, 4.69) is 37.1 Å². The van der Waals surface area contributed by atoms with Crippen LogP contribution < -0.4 is 0 Å². The summed E-state index contributed by atoms with van der Waals surface area (Å²) in [5, 5.41) is 0. The van der Waals surface area contributed by atoms with E-state index in [-0.39, 0.29) is 0 Å². The Kier molecular flexibility index (Phi) is 1.72. The van der Waals surface area contributed by atoms with Gasteiger partial charge in [0.2, 0.25) is 0 Å². The van der Waals surface area contributed by atoms with Gasteiger partial charge in [-0.1, -0.05) is 26.0 Å². The molecule has 2 aliphatic rings. The number of fused-ring (bicyclic) bond motifs is 1. The largest absolute Gasteiger partial charge is 0.253 e. The van der Waals surface area contributed by atoms with Crippen LogP contribution in [-0.4, -0.2) is 5.71 Å². The van der Waals surface area contributed by atoms with Crippen LogP contribution in [0.2, 0.25) is 0 Å². The van der Waals surface area contributed by atoms with Crippen molar-refractivity contribution >= 4 is 5.71 Å². The molecule has 0 spiro atoms. The second-order valence-electron chi connectivity index (χ2n) is 3.07. The Balaban J connectivity index is 2.42. The standard InChI is InChI=1S/C11H13N/c1-3-8-9-6-5-7-11(9)12-10(8)4-2/h5-7H,3-4H2,1-2H3. The lowest BCUT2D eigenvalue weighted by Gasteiger charge is -2.00. The molecule has 0 aromatic carbocycles. The van der Waals surface area contributed by atoms with Gasteiger partial charge < -0.3 is 0 Å². The molecule has 0 fully saturated rings. The Labute approximate surface area is 73.2 Å². The van der Waals surface area contributed by atoms with E-state index >= 15 is 0 Å². The van der Waals surface area contributed by atoms with Crippen LogP contribution in [-0.2, 0) is 0 Å². The van der Waals surface area contributed by atoms with Crippen molar-refractivity contribution in [1.82, 2.24) is 0 Å². The predicted octanol–water partition coefficient (Wildman–Crippen LogP) is 3.01. The molecule has 0 N–H and O–H groups in total. The average Bonchev–Trinajstić information content (AvgIpc) is 2.61. The smallest absolute Gasteiger partial charge is 0.0708 e. The molecule has 0 aromatic heterocycles. The molecule has 0 aromatic rings. The summed E-state index contributed by atoms with van der Waals surface area (Å²) in [6.45, 7) is 4.36. The van der Waals surface area contributed by atoms with Crippen molar-refractivity contribution in [3.63, 3.8) is 0 Å². The summed E-state index contributed by atoms with van der Waals surface area (Å²) in [6.07, 6.45) is 8.49. The molecule has 0 saturated heterocycles.